The summed E-state index contributed by atoms with van der Waals surface area (Å²) in [5.74, 6) is -0.333. The van der Waals surface area contributed by atoms with Crippen LogP contribution in [-0.2, 0) is 19.4 Å². The number of amides is 2. The average Bonchev–Trinajstić information content (AvgIpc) is 3.12. The van der Waals surface area contributed by atoms with E-state index in [1.165, 1.54) is 12.1 Å². The van der Waals surface area contributed by atoms with Crippen molar-refractivity contribution >= 4 is 17.5 Å². The second-order valence-electron chi connectivity index (χ2n) is 8.38. The zero-order valence-corrected chi connectivity index (χ0v) is 17.7. The number of benzene rings is 1. The highest BCUT2D eigenvalue weighted by Crippen LogP contribution is 2.28. The van der Waals surface area contributed by atoms with Gasteiger partial charge in [-0.2, -0.15) is 5.10 Å². The minimum atomic E-state index is -0.423. The van der Waals surface area contributed by atoms with E-state index in [1.54, 1.807) is 12.1 Å². The Morgan fingerprint density at radius 2 is 1.90 bits per heavy atom. The first kappa shape index (κ1) is 20.4. The number of carbonyl (C=O) groups is 2. The van der Waals surface area contributed by atoms with Gasteiger partial charge >= 0.3 is 0 Å². The third-order valence-electron chi connectivity index (χ3n) is 6.17. The zero-order valence-electron chi connectivity index (χ0n) is 17.7. The number of hydrogen-bond donors (Lipinski definition) is 2. The minimum absolute atomic E-state index is 0.0901. The van der Waals surface area contributed by atoms with Crippen molar-refractivity contribution < 1.29 is 9.59 Å². The molecule has 1 aliphatic carbocycles. The Bertz CT molecular complexity index is 912. The monoisotopic (exact) mass is 409 g/mol. The Hall–Kier alpha value is -2.83. The topological polar surface area (TPSA) is 93.2 Å². The summed E-state index contributed by atoms with van der Waals surface area (Å²) in [6, 6.07) is 7.47. The second-order valence-corrected chi connectivity index (χ2v) is 8.38. The molecule has 2 aromatic rings. The van der Waals surface area contributed by atoms with Gasteiger partial charge in [-0.25, -0.2) is 0 Å². The van der Waals surface area contributed by atoms with E-state index in [2.05, 4.69) is 16.9 Å². The predicted molar refractivity (Wildman–Crippen MR) is 117 cm³/mol. The number of primary amides is 1. The van der Waals surface area contributed by atoms with Gasteiger partial charge in [-0.05, 0) is 69.2 Å². The lowest BCUT2D eigenvalue weighted by Crippen LogP contribution is -2.37. The van der Waals surface area contributed by atoms with Crippen LogP contribution in [0, 0.1) is 0 Å². The van der Waals surface area contributed by atoms with Gasteiger partial charge in [-0.3, -0.25) is 14.3 Å². The fourth-order valence-corrected chi connectivity index (χ4v) is 4.59. The molecule has 1 saturated heterocycles. The van der Waals surface area contributed by atoms with E-state index < -0.39 is 5.91 Å². The number of hydrogen-bond acceptors (Lipinski definition) is 4. The molecule has 1 aromatic carbocycles. The maximum absolute atomic E-state index is 13.2. The van der Waals surface area contributed by atoms with Gasteiger partial charge in [0.2, 0.25) is 5.91 Å². The average molecular weight is 410 g/mol. The number of nitrogens with zero attached hydrogens (tertiary/aromatic N) is 3. The molecular formula is C23H31N5O2. The van der Waals surface area contributed by atoms with E-state index in [1.807, 2.05) is 17.0 Å². The standard InChI is InChI=1S/C23H31N5O2/c1-2-12-28-20-11-10-18(25-17-8-6-16(7-9-17)22(24)29)15-19(20)21(26-28)23(30)27-13-4-3-5-14-27/h6-9,18,25H,2-5,10-15H2,1H3,(H2,24,29). The number of rotatable bonds is 6. The normalized spacial score (nSPS) is 18.7. The molecule has 1 aliphatic heterocycles. The highest BCUT2D eigenvalue weighted by atomic mass is 16.2. The number of nitrogens with two attached hydrogens (primary N) is 1. The van der Waals surface area contributed by atoms with Crippen molar-refractivity contribution in [1.29, 1.82) is 0 Å². The van der Waals surface area contributed by atoms with Gasteiger partial charge in [-0.1, -0.05) is 6.92 Å². The number of carbonyl (C=O) groups excluding carboxylic acids is 2. The van der Waals surface area contributed by atoms with Crippen LogP contribution in [0.1, 0.15) is 71.1 Å². The number of aromatic nitrogens is 2. The van der Waals surface area contributed by atoms with E-state index in [-0.39, 0.29) is 11.9 Å². The van der Waals surface area contributed by atoms with Gasteiger partial charge in [0.25, 0.3) is 5.91 Å². The van der Waals surface area contributed by atoms with Crippen molar-refractivity contribution in [1.82, 2.24) is 14.7 Å². The summed E-state index contributed by atoms with van der Waals surface area (Å²) in [6.07, 6.45) is 7.03. The maximum atomic E-state index is 13.2. The molecule has 30 heavy (non-hydrogen) atoms. The second kappa shape index (κ2) is 8.90. The minimum Gasteiger partial charge on any atom is -0.382 e. The summed E-state index contributed by atoms with van der Waals surface area (Å²) in [5, 5.41) is 8.34. The first-order chi connectivity index (χ1) is 14.6. The van der Waals surface area contributed by atoms with Crippen molar-refractivity contribution in [3.05, 3.63) is 46.8 Å². The van der Waals surface area contributed by atoms with Crippen LogP contribution in [0.25, 0.3) is 0 Å². The summed E-state index contributed by atoms with van der Waals surface area (Å²) < 4.78 is 2.06. The summed E-state index contributed by atoms with van der Waals surface area (Å²) in [4.78, 5) is 26.5. The third-order valence-corrected chi connectivity index (χ3v) is 6.17. The Balaban J connectivity index is 1.54. The highest BCUT2D eigenvalue weighted by Gasteiger charge is 2.31. The van der Waals surface area contributed by atoms with E-state index in [0.717, 1.165) is 69.4 Å². The van der Waals surface area contributed by atoms with Gasteiger partial charge in [0, 0.05) is 48.2 Å². The van der Waals surface area contributed by atoms with Gasteiger partial charge in [0.15, 0.2) is 5.69 Å². The van der Waals surface area contributed by atoms with Crippen LogP contribution in [0.15, 0.2) is 24.3 Å². The Labute approximate surface area is 177 Å². The molecule has 7 nitrogen and oxygen atoms in total. The molecule has 160 valence electrons. The van der Waals surface area contributed by atoms with Crippen LogP contribution in [-0.4, -0.2) is 45.6 Å². The van der Waals surface area contributed by atoms with E-state index in [9.17, 15) is 9.59 Å². The molecule has 1 unspecified atom stereocenters. The lowest BCUT2D eigenvalue weighted by molar-refractivity contribution is 0.0716. The Morgan fingerprint density at radius 1 is 1.17 bits per heavy atom. The molecule has 2 aliphatic rings. The highest BCUT2D eigenvalue weighted by molar-refractivity contribution is 5.94. The lowest BCUT2D eigenvalue weighted by atomic mass is 9.90. The van der Waals surface area contributed by atoms with E-state index in [0.29, 0.717) is 11.3 Å². The van der Waals surface area contributed by atoms with Gasteiger partial charge < -0.3 is 16.0 Å². The molecule has 0 spiro atoms. The fourth-order valence-electron chi connectivity index (χ4n) is 4.59. The zero-order chi connectivity index (χ0) is 21.1. The summed E-state index contributed by atoms with van der Waals surface area (Å²) in [7, 11) is 0. The SMILES string of the molecule is CCCn1nc(C(=O)N2CCCCC2)c2c1CCC(Nc1ccc(C(N)=O)cc1)C2. The van der Waals surface area contributed by atoms with Crippen molar-refractivity contribution in [3.8, 4) is 0 Å². The van der Waals surface area contributed by atoms with Gasteiger partial charge in [0.05, 0.1) is 0 Å². The number of fused-ring (bicyclic) bond motifs is 1. The van der Waals surface area contributed by atoms with Crippen molar-refractivity contribution in [2.45, 2.75) is 64.5 Å². The maximum Gasteiger partial charge on any atom is 0.274 e. The van der Waals surface area contributed by atoms with Crippen molar-refractivity contribution in [2.24, 2.45) is 5.73 Å². The summed E-state index contributed by atoms with van der Waals surface area (Å²) in [5.41, 5.74) is 9.77. The molecular weight excluding hydrogens is 378 g/mol. The van der Waals surface area contributed by atoms with Crippen LogP contribution in [0.2, 0.25) is 0 Å². The number of likely N-dealkylation sites (tertiary alicyclic amines) is 1. The van der Waals surface area contributed by atoms with Crippen molar-refractivity contribution in [3.63, 3.8) is 0 Å². The quantitative estimate of drug-likeness (QED) is 0.767. The van der Waals surface area contributed by atoms with Crippen LogP contribution < -0.4 is 11.1 Å². The van der Waals surface area contributed by atoms with E-state index in [4.69, 9.17) is 10.8 Å². The molecule has 2 heterocycles. The Kier molecular flexibility index (Phi) is 6.06. The molecule has 3 N–H and O–H groups in total. The molecule has 2 amide bonds. The third kappa shape index (κ3) is 4.20. The molecule has 4 rings (SSSR count). The number of piperidine rings is 1. The molecule has 7 heteroatoms. The molecule has 0 bridgehead atoms. The number of anilines is 1. The van der Waals surface area contributed by atoms with Crippen LogP contribution in [0.5, 0.6) is 0 Å². The largest absolute Gasteiger partial charge is 0.382 e. The van der Waals surface area contributed by atoms with E-state index >= 15 is 0 Å². The van der Waals surface area contributed by atoms with Crippen LogP contribution in [0.4, 0.5) is 5.69 Å². The van der Waals surface area contributed by atoms with Crippen molar-refractivity contribution in [2.75, 3.05) is 18.4 Å². The predicted octanol–water partition coefficient (Wildman–Crippen LogP) is 2.99. The molecule has 1 fully saturated rings. The molecule has 0 radical (unpaired) electrons. The van der Waals surface area contributed by atoms with Gasteiger partial charge in [-0.15, -0.1) is 0 Å². The smallest absolute Gasteiger partial charge is 0.274 e. The first-order valence-electron chi connectivity index (χ1n) is 11.1. The summed E-state index contributed by atoms with van der Waals surface area (Å²) in [6.45, 7) is 4.66. The van der Waals surface area contributed by atoms with Crippen LogP contribution in [0.3, 0.4) is 0 Å². The molecule has 0 saturated carbocycles. The van der Waals surface area contributed by atoms with Crippen LogP contribution >= 0.6 is 0 Å². The number of nitrogens with one attached hydrogen (secondary N) is 1. The lowest BCUT2D eigenvalue weighted by Gasteiger charge is -2.28. The number of aryl methyl sites for hydroxylation is 1. The first-order valence-corrected chi connectivity index (χ1v) is 11.1. The fraction of sp³-hybridized carbons (Fsp3) is 0.522. The molecule has 1 atom stereocenters. The van der Waals surface area contributed by atoms with Gasteiger partial charge in [0.1, 0.15) is 0 Å². The molecule has 1 aromatic heterocycles. The Morgan fingerprint density at radius 3 is 2.57 bits per heavy atom. The summed E-state index contributed by atoms with van der Waals surface area (Å²) >= 11 is 0.